The van der Waals surface area contributed by atoms with E-state index in [2.05, 4.69) is 57.4 Å². The van der Waals surface area contributed by atoms with Crippen LogP contribution in [0.5, 0.6) is 0 Å². The number of tetrazole rings is 1. The van der Waals surface area contributed by atoms with Crippen LogP contribution in [0.3, 0.4) is 0 Å². The lowest BCUT2D eigenvalue weighted by atomic mass is 10.0. The molecule has 1 aliphatic carbocycles. The van der Waals surface area contributed by atoms with Crippen molar-refractivity contribution < 1.29 is 4.39 Å². The molecule has 0 radical (unpaired) electrons. The number of aryl methyl sites for hydroxylation is 2. The van der Waals surface area contributed by atoms with Gasteiger partial charge in [0.15, 0.2) is 5.82 Å². The first-order valence-electron chi connectivity index (χ1n) is 11.7. The predicted molar refractivity (Wildman–Crippen MR) is 131 cm³/mol. The summed E-state index contributed by atoms with van der Waals surface area (Å²) in [4.78, 5) is 4.79. The second-order valence-corrected chi connectivity index (χ2v) is 9.16. The summed E-state index contributed by atoms with van der Waals surface area (Å²) in [7, 11) is 0. The van der Waals surface area contributed by atoms with Crippen LogP contribution in [0.15, 0.2) is 42.5 Å². The number of anilines is 1. The minimum Gasteiger partial charge on any atom is -0.369 e. The summed E-state index contributed by atoms with van der Waals surface area (Å²) in [5.41, 5.74) is 4.51. The van der Waals surface area contributed by atoms with Gasteiger partial charge in [-0.15, -0.1) is 17.5 Å². The van der Waals surface area contributed by atoms with Crippen molar-refractivity contribution in [3.05, 3.63) is 70.8 Å². The predicted octanol–water partition coefficient (Wildman–Crippen LogP) is 4.88. The highest BCUT2D eigenvalue weighted by Gasteiger charge is 2.34. The maximum atomic E-state index is 15.0. The lowest BCUT2D eigenvalue weighted by molar-refractivity contribution is 0.194. The smallest absolute Gasteiger partial charge is 0.173 e. The number of rotatable bonds is 5. The normalized spacial score (nSPS) is 18.3. The molecule has 0 N–H and O–H groups in total. The van der Waals surface area contributed by atoms with Crippen LogP contribution in [0.25, 0.3) is 0 Å². The molecule has 0 spiro atoms. The Kier molecular flexibility index (Phi) is 7.29. The van der Waals surface area contributed by atoms with Crippen molar-refractivity contribution in [3.63, 3.8) is 0 Å². The monoisotopic (exact) mass is 470 g/mol. The molecule has 176 valence electrons. The fourth-order valence-electron chi connectivity index (χ4n) is 5.27. The molecule has 0 amide bonds. The van der Waals surface area contributed by atoms with Gasteiger partial charge in [0.25, 0.3) is 0 Å². The number of nitrogens with zero attached hydrogens (tertiary/aromatic N) is 6. The maximum Gasteiger partial charge on any atom is 0.173 e. The molecule has 2 heterocycles. The zero-order valence-corrected chi connectivity index (χ0v) is 20.1. The molecule has 1 unspecified atom stereocenters. The first-order valence-corrected chi connectivity index (χ1v) is 11.7. The van der Waals surface area contributed by atoms with E-state index >= 15 is 4.39 Å². The van der Waals surface area contributed by atoms with E-state index < -0.39 is 0 Å². The van der Waals surface area contributed by atoms with Gasteiger partial charge in [-0.2, -0.15) is 0 Å². The second-order valence-electron chi connectivity index (χ2n) is 9.16. The molecule has 2 aliphatic rings. The minimum absolute atomic E-state index is 0. The third-order valence-electron chi connectivity index (χ3n) is 7.02. The van der Waals surface area contributed by atoms with E-state index in [0.717, 1.165) is 44.8 Å². The maximum absolute atomic E-state index is 15.0. The number of piperazine rings is 1. The molecular weight excluding hydrogens is 439 g/mol. The van der Waals surface area contributed by atoms with E-state index in [1.807, 2.05) is 16.8 Å². The molecule has 5 rings (SSSR count). The van der Waals surface area contributed by atoms with E-state index in [0.29, 0.717) is 11.6 Å². The summed E-state index contributed by atoms with van der Waals surface area (Å²) in [6.45, 7) is 7.73. The lowest BCUT2D eigenvalue weighted by Crippen LogP contribution is -2.48. The quantitative estimate of drug-likeness (QED) is 0.532. The van der Waals surface area contributed by atoms with E-state index in [1.54, 1.807) is 12.1 Å². The van der Waals surface area contributed by atoms with E-state index in [1.165, 1.54) is 29.7 Å². The molecule has 1 atom stereocenters. The summed E-state index contributed by atoms with van der Waals surface area (Å²) in [6.07, 6.45) is 4.57. The van der Waals surface area contributed by atoms with Gasteiger partial charge in [0.1, 0.15) is 11.9 Å². The van der Waals surface area contributed by atoms with Gasteiger partial charge in [-0.25, -0.2) is 9.07 Å². The Bertz CT molecular complexity index is 1070. The summed E-state index contributed by atoms with van der Waals surface area (Å²) in [6, 6.07) is 13.7. The van der Waals surface area contributed by atoms with Crippen LogP contribution in [0, 0.1) is 19.7 Å². The SMILES string of the molecule is Cc1ccc(C)c(N2CCN(C(c3ccccc3F)c3nnnn3C3CCCC3)CC2)c1.Cl. The summed E-state index contributed by atoms with van der Waals surface area (Å²) in [5, 5.41) is 12.8. The topological polar surface area (TPSA) is 50.1 Å². The molecule has 2 fully saturated rings. The molecule has 1 saturated heterocycles. The second kappa shape index (κ2) is 10.2. The first kappa shape index (κ1) is 23.6. The molecule has 2 aromatic carbocycles. The summed E-state index contributed by atoms with van der Waals surface area (Å²) < 4.78 is 17.0. The standard InChI is InChI=1S/C25H31FN6.ClH/c1-18-11-12-19(2)23(17-18)30-13-15-31(16-14-30)24(21-9-5-6-10-22(21)26)25-27-28-29-32(25)20-7-3-4-8-20;/h5-6,9-12,17,20,24H,3-4,7-8,13-16H2,1-2H3;1H. The van der Waals surface area contributed by atoms with Crippen LogP contribution < -0.4 is 4.90 Å². The van der Waals surface area contributed by atoms with E-state index in [4.69, 9.17) is 0 Å². The van der Waals surface area contributed by atoms with Gasteiger partial charge in [0, 0.05) is 37.4 Å². The molecule has 1 aromatic heterocycles. The number of halogens is 2. The first-order chi connectivity index (χ1) is 15.6. The van der Waals surface area contributed by atoms with Crippen LogP contribution in [0.4, 0.5) is 10.1 Å². The molecule has 3 aromatic rings. The fourth-order valence-corrected chi connectivity index (χ4v) is 5.27. The third kappa shape index (κ3) is 4.75. The highest BCUT2D eigenvalue weighted by atomic mass is 35.5. The molecule has 33 heavy (non-hydrogen) atoms. The molecule has 0 bridgehead atoms. The van der Waals surface area contributed by atoms with Crippen molar-refractivity contribution in [2.75, 3.05) is 31.1 Å². The Morgan fingerprint density at radius 1 is 0.970 bits per heavy atom. The van der Waals surface area contributed by atoms with Gasteiger partial charge in [-0.1, -0.05) is 43.2 Å². The number of hydrogen-bond donors (Lipinski definition) is 0. The summed E-state index contributed by atoms with van der Waals surface area (Å²) in [5.74, 6) is 0.567. The number of benzene rings is 2. The lowest BCUT2D eigenvalue weighted by Gasteiger charge is -2.40. The van der Waals surface area contributed by atoms with Gasteiger partial charge in [0.2, 0.25) is 0 Å². The molecule has 1 saturated carbocycles. The zero-order chi connectivity index (χ0) is 22.1. The Labute approximate surface area is 201 Å². The number of hydrogen-bond acceptors (Lipinski definition) is 5. The van der Waals surface area contributed by atoms with Crippen LogP contribution in [0.2, 0.25) is 0 Å². The van der Waals surface area contributed by atoms with Crippen LogP contribution in [-0.2, 0) is 0 Å². The van der Waals surface area contributed by atoms with Gasteiger partial charge >= 0.3 is 0 Å². The highest BCUT2D eigenvalue weighted by molar-refractivity contribution is 5.85. The largest absolute Gasteiger partial charge is 0.369 e. The molecule has 1 aliphatic heterocycles. The number of aromatic nitrogens is 4. The van der Waals surface area contributed by atoms with Gasteiger partial charge in [-0.3, -0.25) is 4.90 Å². The Hall–Kier alpha value is -2.51. The van der Waals surface area contributed by atoms with Crippen molar-refractivity contribution >= 4 is 18.1 Å². The highest BCUT2D eigenvalue weighted by Crippen LogP contribution is 2.35. The molecule has 8 heteroatoms. The van der Waals surface area contributed by atoms with E-state index in [9.17, 15) is 0 Å². The Balaban J connectivity index is 0.00000259. The average molecular weight is 471 g/mol. The van der Waals surface area contributed by atoms with Gasteiger partial charge in [-0.05, 0) is 60.4 Å². The third-order valence-corrected chi connectivity index (χ3v) is 7.02. The molecular formula is C25H32ClFN6. The van der Waals surface area contributed by atoms with Crippen molar-refractivity contribution in [2.45, 2.75) is 51.6 Å². The average Bonchev–Trinajstić information content (AvgIpc) is 3.50. The van der Waals surface area contributed by atoms with Crippen molar-refractivity contribution in [1.82, 2.24) is 25.1 Å². The van der Waals surface area contributed by atoms with E-state index in [-0.39, 0.29) is 24.3 Å². The van der Waals surface area contributed by atoms with Crippen molar-refractivity contribution in [3.8, 4) is 0 Å². The minimum atomic E-state index is -0.285. The zero-order valence-electron chi connectivity index (χ0n) is 19.3. The molecule has 6 nitrogen and oxygen atoms in total. The van der Waals surface area contributed by atoms with Crippen molar-refractivity contribution in [1.29, 1.82) is 0 Å². The van der Waals surface area contributed by atoms with Crippen molar-refractivity contribution in [2.24, 2.45) is 0 Å². The fraction of sp³-hybridized carbons (Fsp3) is 0.480. The van der Waals surface area contributed by atoms with Crippen LogP contribution in [0.1, 0.15) is 60.3 Å². The Morgan fingerprint density at radius 2 is 1.70 bits per heavy atom. The Morgan fingerprint density at radius 3 is 2.42 bits per heavy atom. The van der Waals surface area contributed by atoms with Crippen LogP contribution in [-0.4, -0.2) is 51.3 Å². The van der Waals surface area contributed by atoms with Crippen LogP contribution >= 0.6 is 12.4 Å². The summed E-state index contributed by atoms with van der Waals surface area (Å²) >= 11 is 0. The van der Waals surface area contributed by atoms with Gasteiger partial charge < -0.3 is 4.90 Å². The van der Waals surface area contributed by atoms with Gasteiger partial charge in [0.05, 0.1) is 6.04 Å².